The van der Waals surface area contributed by atoms with Crippen LogP contribution in [0.5, 0.6) is 0 Å². The Morgan fingerprint density at radius 1 is 1.55 bits per heavy atom. The lowest BCUT2D eigenvalue weighted by Gasteiger charge is -2.00. The normalized spacial score (nSPS) is 10.0. The highest BCUT2D eigenvalue weighted by Crippen LogP contribution is 2.12. The van der Waals surface area contributed by atoms with Crippen LogP contribution in [0.3, 0.4) is 0 Å². The SMILES string of the molecule is CNCc1cccc(SN)c1. The Kier molecular flexibility index (Phi) is 3.42. The molecule has 2 nitrogen and oxygen atoms in total. The molecule has 0 aromatic heterocycles. The van der Waals surface area contributed by atoms with Crippen LogP contribution in [-0.4, -0.2) is 7.05 Å². The average molecular weight is 168 g/mol. The molecule has 60 valence electrons. The zero-order valence-corrected chi connectivity index (χ0v) is 7.32. The fourth-order valence-electron chi connectivity index (χ4n) is 0.933. The summed E-state index contributed by atoms with van der Waals surface area (Å²) in [6.07, 6.45) is 0. The second-order valence-electron chi connectivity index (χ2n) is 2.30. The summed E-state index contributed by atoms with van der Waals surface area (Å²) >= 11 is 1.28. The van der Waals surface area contributed by atoms with Crippen molar-refractivity contribution in [3.05, 3.63) is 29.8 Å². The van der Waals surface area contributed by atoms with Crippen molar-refractivity contribution in [3.8, 4) is 0 Å². The first-order valence-electron chi connectivity index (χ1n) is 3.47. The third-order valence-electron chi connectivity index (χ3n) is 1.42. The van der Waals surface area contributed by atoms with Gasteiger partial charge in [0.2, 0.25) is 0 Å². The lowest BCUT2D eigenvalue weighted by atomic mass is 10.2. The molecule has 1 rings (SSSR count). The van der Waals surface area contributed by atoms with Gasteiger partial charge in [-0.15, -0.1) is 0 Å². The molecule has 0 spiro atoms. The van der Waals surface area contributed by atoms with Gasteiger partial charge in [0, 0.05) is 11.4 Å². The highest BCUT2D eigenvalue weighted by Gasteiger charge is 1.92. The van der Waals surface area contributed by atoms with Crippen molar-refractivity contribution >= 4 is 11.9 Å². The highest BCUT2D eigenvalue weighted by molar-refractivity contribution is 7.97. The third kappa shape index (κ3) is 2.54. The number of benzene rings is 1. The molecule has 0 bridgehead atoms. The summed E-state index contributed by atoms with van der Waals surface area (Å²) in [4.78, 5) is 1.11. The molecule has 11 heavy (non-hydrogen) atoms. The van der Waals surface area contributed by atoms with Crippen molar-refractivity contribution in [2.75, 3.05) is 7.05 Å². The van der Waals surface area contributed by atoms with E-state index in [2.05, 4.69) is 17.4 Å². The molecular weight excluding hydrogens is 156 g/mol. The Morgan fingerprint density at radius 3 is 3.00 bits per heavy atom. The van der Waals surface area contributed by atoms with E-state index in [1.54, 1.807) is 0 Å². The van der Waals surface area contributed by atoms with Gasteiger partial charge in [-0.2, -0.15) is 0 Å². The molecule has 3 N–H and O–H groups in total. The van der Waals surface area contributed by atoms with Crippen molar-refractivity contribution in [3.63, 3.8) is 0 Å². The number of nitrogens with one attached hydrogen (secondary N) is 1. The molecular formula is C8H12N2S. The van der Waals surface area contributed by atoms with E-state index in [4.69, 9.17) is 5.14 Å². The molecule has 0 aliphatic carbocycles. The quantitative estimate of drug-likeness (QED) is 0.669. The summed E-state index contributed by atoms with van der Waals surface area (Å²) in [5.74, 6) is 0. The van der Waals surface area contributed by atoms with Crippen LogP contribution >= 0.6 is 11.9 Å². The molecule has 1 aromatic carbocycles. The number of nitrogens with two attached hydrogens (primary N) is 1. The van der Waals surface area contributed by atoms with E-state index in [-0.39, 0.29) is 0 Å². The fourth-order valence-corrected chi connectivity index (χ4v) is 1.31. The van der Waals surface area contributed by atoms with Crippen LogP contribution in [0.25, 0.3) is 0 Å². The summed E-state index contributed by atoms with van der Waals surface area (Å²) in [5.41, 5.74) is 1.27. The fraction of sp³-hybridized carbons (Fsp3) is 0.250. The van der Waals surface area contributed by atoms with Gasteiger partial charge in [-0.05, 0) is 36.7 Å². The predicted octanol–water partition coefficient (Wildman–Crippen LogP) is 1.37. The predicted molar refractivity (Wildman–Crippen MR) is 49.3 cm³/mol. The Balaban J connectivity index is 2.74. The van der Waals surface area contributed by atoms with Crippen LogP contribution < -0.4 is 10.5 Å². The number of hydrogen-bond donors (Lipinski definition) is 2. The highest BCUT2D eigenvalue weighted by atomic mass is 32.2. The summed E-state index contributed by atoms with van der Waals surface area (Å²) < 4.78 is 0. The Morgan fingerprint density at radius 2 is 2.36 bits per heavy atom. The molecule has 0 fully saturated rings. The van der Waals surface area contributed by atoms with Crippen molar-refractivity contribution < 1.29 is 0 Å². The lowest BCUT2D eigenvalue weighted by Crippen LogP contribution is -2.04. The largest absolute Gasteiger partial charge is 0.316 e. The van der Waals surface area contributed by atoms with Crippen LogP contribution in [0.15, 0.2) is 29.2 Å². The first-order valence-corrected chi connectivity index (χ1v) is 4.35. The topological polar surface area (TPSA) is 38.0 Å². The van der Waals surface area contributed by atoms with Gasteiger partial charge >= 0.3 is 0 Å². The van der Waals surface area contributed by atoms with E-state index in [1.807, 2.05) is 19.2 Å². The van der Waals surface area contributed by atoms with Gasteiger partial charge in [-0.1, -0.05) is 12.1 Å². The summed E-state index contributed by atoms with van der Waals surface area (Å²) in [7, 11) is 1.93. The maximum Gasteiger partial charge on any atom is 0.0229 e. The van der Waals surface area contributed by atoms with E-state index in [9.17, 15) is 0 Å². The Bertz CT molecular complexity index is 225. The summed E-state index contributed by atoms with van der Waals surface area (Å²) in [6, 6.07) is 8.18. The van der Waals surface area contributed by atoms with Gasteiger partial charge in [0.1, 0.15) is 0 Å². The zero-order valence-electron chi connectivity index (χ0n) is 6.50. The molecule has 0 aliphatic heterocycles. The molecule has 0 heterocycles. The lowest BCUT2D eigenvalue weighted by molar-refractivity contribution is 0.815. The minimum absolute atomic E-state index is 0.897. The van der Waals surface area contributed by atoms with Crippen molar-refractivity contribution in [1.82, 2.24) is 5.32 Å². The van der Waals surface area contributed by atoms with Gasteiger partial charge in [0.05, 0.1) is 0 Å². The van der Waals surface area contributed by atoms with E-state index in [1.165, 1.54) is 17.5 Å². The molecule has 1 aromatic rings. The maximum absolute atomic E-state index is 5.41. The standard InChI is InChI=1S/C8H12N2S/c1-10-6-7-3-2-4-8(5-7)11-9/h2-5,10H,6,9H2,1H3. The van der Waals surface area contributed by atoms with E-state index >= 15 is 0 Å². The van der Waals surface area contributed by atoms with E-state index < -0.39 is 0 Å². The smallest absolute Gasteiger partial charge is 0.0229 e. The summed E-state index contributed by atoms with van der Waals surface area (Å²) in [5, 5.41) is 8.50. The average Bonchev–Trinajstić information content (AvgIpc) is 2.06. The van der Waals surface area contributed by atoms with Crippen LogP contribution in [0, 0.1) is 0 Å². The number of rotatable bonds is 3. The van der Waals surface area contributed by atoms with Gasteiger partial charge < -0.3 is 5.32 Å². The second-order valence-corrected chi connectivity index (χ2v) is 3.00. The van der Waals surface area contributed by atoms with Crippen molar-refractivity contribution in [1.29, 1.82) is 0 Å². The molecule has 3 heteroatoms. The van der Waals surface area contributed by atoms with Gasteiger partial charge in [-0.25, -0.2) is 0 Å². The van der Waals surface area contributed by atoms with E-state index in [0.717, 1.165) is 11.4 Å². The Hall–Kier alpha value is -0.510. The molecule has 0 unspecified atom stereocenters. The molecule has 0 atom stereocenters. The van der Waals surface area contributed by atoms with Crippen molar-refractivity contribution in [2.24, 2.45) is 5.14 Å². The van der Waals surface area contributed by atoms with Gasteiger partial charge in [0.25, 0.3) is 0 Å². The van der Waals surface area contributed by atoms with Crippen LogP contribution in [0.4, 0.5) is 0 Å². The van der Waals surface area contributed by atoms with Gasteiger partial charge in [0.15, 0.2) is 0 Å². The molecule has 0 saturated carbocycles. The second kappa shape index (κ2) is 4.38. The third-order valence-corrected chi connectivity index (χ3v) is 1.94. The molecule has 0 saturated heterocycles. The molecule has 0 radical (unpaired) electrons. The monoisotopic (exact) mass is 168 g/mol. The van der Waals surface area contributed by atoms with Crippen LogP contribution in [-0.2, 0) is 6.54 Å². The van der Waals surface area contributed by atoms with Gasteiger partial charge in [-0.3, -0.25) is 5.14 Å². The molecule has 0 aliphatic rings. The van der Waals surface area contributed by atoms with Crippen molar-refractivity contribution in [2.45, 2.75) is 11.4 Å². The van der Waals surface area contributed by atoms with E-state index in [0.29, 0.717) is 0 Å². The zero-order chi connectivity index (χ0) is 8.10. The number of hydrogen-bond acceptors (Lipinski definition) is 3. The summed E-state index contributed by atoms with van der Waals surface area (Å²) in [6.45, 7) is 0.897. The van der Waals surface area contributed by atoms with Crippen LogP contribution in [0.1, 0.15) is 5.56 Å². The first kappa shape index (κ1) is 8.59. The minimum atomic E-state index is 0.897. The van der Waals surface area contributed by atoms with Crippen LogP contribution in [0.2, 0.25) is 0 Å². The first-order chi connectivity index (χ1) is 5.36. The molecule has 0 amide bonds. The maximum atomic E-state index is 5.41. The minimum Gasteiger partial charge on any atom is -0.316 e. The Labute approximate surface area is 71.3 Å².